The fraction of sp³-hybridized carbons (Fsp3) is 0.103. The van der Waals surface area contributed by atoms with Gasteiger partial charge in [-0.25, -0.2) is 0 Å². The summed E-state index contributed by atoms with van der Waals surface area (Å²) < 4.78 is 0. The van der Waals surface area contributed by atoms with Crippen molar-refractivity contribution in [1.29, 1.82) is 0 Å². The van der Waals surface area contributed by atoms with E-state index in [9.17, 15) is 0 Å². The zero-order valence-electron chi connectivity index (χ0n) is 17.7. The maximum Gasteiger partial charge on any atom is 0.0618 e. The molecule has 0 saturated heterocycles. The molecule has 0 amide bonds. The van der Waals surface area contributed by atoms with Crippen LogP contribution in [0.4, 0.5) is 17.1 Å². The van der Waals surface area contributed by atoms with Gasteiger partial charge in [0, 0.05) is 22.1 Å². The minimum atomic E-state index is 1.17. The monoisotopic (exact) mass is 387 g/mol. The third-order valence-corrected chi connectivity index (χ3v) is 5.98. The van der Waals surface area contributed by atoms with E-state index < -0.39 is 0 Å². The lowest BCUT2D eigenvalue weighted by molar-refractivity contribution is 1.29. The number of rotatable bonds is 3. The van der Waals surface area contributed by atoms with E-state index in [1.165, 1.54) is 55.3 Å². The van der Waals surface area contributed by atoms with Crippen LogP contribution in [0.3, 0.4) is 0 Å². The Balaban J connectivity index is 1.92. The van der Waals surface area contributed by atoms with Crippen LogP contribution in [-0.4, -0.2) is 0 Å². The smallest absolute Gasteiger partial charge is 0.0618 e. The van der Waals surface area contributed by atoms with Crippen molar-refractivity contribution in [3.05, 3.63) is 114 Å². The van der Waals surface area contributed by atoms with Crippen molar-refractivity contribution in [2.24, 2.45) is 0 Å². The molecule has 5 rings (SSSR count). The van der Waals surface area contributed by atoms with Gasteiger partial charge >= 0.3 is 0 Å². The van der Waals surface area contributed by atoms with Gasteiger partial charge in [-0.1, -0.05) is 83.9 Å². The van der Waals surface area contributed by atoms with Crippen LogP contribution in [0.1, 0.15) is 16.7 Å². The Labute approximate surface area is 178 Å². The number of benzene rings is 5. The topological polar surface area (TPSA) is 3.24 Å². The zero-order valence-corrected chi connectivity index (χ0v) is 17.7. The van der Waals surface area contributed by atoms with Gasteiger partial charge in [0.25, 0.3) is 0 Å². The van der Waals surface area contributed by atoms with Crippen LogP contribution >= 0.6 is 0 Å². The Kier molecular flexibility index (Phi) is 4.52. The largest absolute Gasteiger partial charge is 0.309 e. The zero-order chi connectivity index (χ0) is 20.7. The van der Waals surface area contributed by atoms with Crippen molar-refractivity contribution in [2.75, 3.05) is 4.90 Å². The predicted octanol–water partition coefficient (Wildman–Crippen LogP) is 8.39. The van der Waals surface area contributed by atoms with Crippen molar-refractivity contribution in [2.45, 2.75) is 20.8 Å². The molecule has 0 atom stereocenters. The van der Waals surface area contributed by atoms with Crippen LogP contribution in [0.2, 0.25) is 0 Å². The molecule has 0 N–H and O–H groups in total. The van der Waals surface area contributed by atoms with Crippen molar-refractivity contribution in [3.8, 4) is 0 Å². The molecule has 5 aromatic carbocycles. The van der Waals surface area contributed by atoms with E-state index in [1.807, 2.05) is 0 Å². The second-order valence-electron chi connectivity index (χ2n) is 8.07. The fourth-order valence-electron chi connectivity index (χ4n) is 4.36. The highest BCUT2D eigenvalue weighted by Gasteiger charge is 2.19. The molecular weight excluding hydrogens is 362 g/mol. The van der Waals surface area contributed by atoms with Gasteiger partial charge in [0.15, 0.2) is 0 Å². The molecule has 0 aliphatic heterocycles. The molecule has 0 heterocycles. The van der Waals surface area contributed by atoms with Gasteiger partial charge in [-0.15, -0.1) is 0 Å². The minimum Gasteiger partial charge on any atom is -0.309 e. The van der Waals surface area contributed by atoms with Crippen LogP contribution in [0.15, 0.2) is 97.1 Å². The molecule has 30 heavy (non-hydrogen) atoms. The van der Waals surface area contributed by atoms with E-state index in [-0.39, 0.29) is 0 Å². The Bertz CT molecular complexity index is 1240. The SMILES string of the molecule is Cc1ccc(N(c2ccc(C)cc2)c2c3ccccc3c(C)c3ccccc23)cc1. The van der Waals surface area contributed by atoms with E-state index >= 15 is 0 Å². The second kappa shape index (κ2) is 7.35. The summed E-state index contributed by atoms with van der Waals surface area (Å²) in [4.78, 5) is 2.41. The Morgan fingerprint density at radius 3 is 1.20 bits per heavy atom. The van der Waals surface area contributed by atoms with Gasteiger partial charge in [-0.3, -0.25) is 0 Å². The van der Waals surface area contributed by atoms with Gasteiger partial charge in [-0.05, 0) is 61.4 Å². The summed E-state index contributed by atoms with van der Waals surface area (Å²) >= 11 is 0. The van der Waals surface area contributed by atoms with Gasteiger partial charge in [0.2, 0.25) is 0 Å². The molecule has 5 aromatic rings. The van der Waals surface area contributed by atoms with Gasteiger partial charge in [0.05, 0.1) is 5.69 Å². The molecule has 0 aromatic heterocycles. The Morgan fingerprint density at radius 2 is 0.800 bits per heavy atom. The highest BCUT2D eigenvalue weighted by Crippen LogP contribution is 2.45. The highest BCUT2D eigenvalue weighted by molar-refractivity contribution is 6.16. The molecule has 0 spiro atoms. The first kappa shape index (κ1) is 18.4. The lowest BCUT2D eigenvalue weighted by atomic mass is 9.94. The van der Waals surface area contributed by atoms with Crippen molar-refractivity contribution in [3.63, 3.8) is 0 Å². The van der Waals surface area contributed by atoms with Crippen molar-refractivity contribution < 1.29 is 0 Å². The first-order chi connectivity index (χ1) is 14.6. The predicted molar refractivity (Wildman–Crippen MR) is 130 cm³/mol. The maximum absolute atomic E-state index is 2.41. The van der Waals surface area contributed by atoms with Gasteiger partial charge < -0.3 is 4.90 Å². The average Bonchev–Trinajstić information content (AvgIpc) is 2.78. The molecule has 0 saturated carbocycles. The normalized spacial score (nSPS) is 11.2. The summed E-state index contributed by atoms with van der Waals surface area (Å²) in [6.45, 7) is 6.50. The third-order valence-electron chi connectivity index (χ3n) is 5.98. The van der Waals surface area contributed by atoms with Crippen LogP contribution in [0, 0.1) is 20.8 Å². The second-order valence-corrected chi connectivity index (χ2v) is 8.07. The molecule has 1 heteroatoms. The van der Waals surface area contributed by atoms with E-state index in [4.69, 9.17) is 0 Å². The lowest BCUT2D eigenvalue weighted by Crippen LogP contribution is -2.11. The average molecular weight is 388 g/mol. The fourth-order valence-corrected chi connectivity index (χ4v) is 4.36. The summed E-state index contributed by atoms with van der Waals surface area (Å²) in [7, 11) is 0. The molecular formula is C29H25N. The number of aryl methyl sites for hydroxylation is 3. The molecule has 1 nitrogen and oxygen atoms in total. The molecule has 0 aliphatic rings. The number of anilines is 3. The lowest BCUT2D eigenvalue weighted by Gasteiger charge is -2.29. The van der Waals surface area contributed by atoms with Crippen LogP contribution in [0.5, 0.6) is 0 Å². The molecule has 0 fully saturated rings. The van der Waals surface area contributed by atoms with Crippen LogP contribution in [0.25, 0.3) is 21.5 Å². The maximum atomic E-state index is 2.41. The van der Waals surface area contributed by atoms with Crippen LogP contribution in [-0.2, 0) is 0 Å². The van der Waals surface area contributed by atoms with E-state index in [2.05, 4.69) is 123 Å². The van der Waals surface area contributed by atoms with Crippen LogP contribution < -0.4 is 4.90 Å². The molecule has 146 valence electrons. The summed E-state index contributed by atoms with van der Waals surface area (Å²) in [5.41, 5.74) is 7.44. The first-order valence-electron chi connectivity index (χ1n) is 10.5. The van der Waals surface area contributed by atoms with E-state index in [0.717, 1.165) is 0 Å². The molecule has 0 radical (unpaired) electrons. The molecule has 0 unspecified atom stereocenters. The molecule has 0 bridgehead atoms. The summed E-state index contributed by atoms with van der Waals surface area (Å²) in [6.07, 6.45) is 0. The molecule has 0 aliphatic carbocycles. The Morgan fingerprint density at radius 1 is 0.433 bits per heavy atom. The minimum absolute atomic E-state index is 1.17. The van der Waals surface area contributed by atoms with Gasteiger partial charge in [-0.2, -0.15) is 0 Å². The number of hydrogen-bond donors (Lipinski definition) is 0. The van der Waals surface area contributed by atoms with Crippen molar-refractivity contribution >= 4 is 38.6 Å². The number of fused-ring (bicyclic) bond motifs is 2. The first-order valence-corrected chi connectivity index (χ1v) is 10.5. The van der Waals surface area contributed by atoms with E-state index in [0.29, 0.717) is 0 Å². The van der Waals surface area contributed by atoms with Crippen molar-refractivity contribution in [1.82, 2.24) is 0 Å². The summed E-state index contributed by atoms with van der Waals surface area (Å²) in [5.74, 6) is 0. The Hall–Kier alpha value is -3.58. The third kappa shape index (κ3) is 3.04. The number of hydrogen-bond acceptors (Lipinski definition) is 1. The van der Waals surface area contributed by atoms with Gasteiger partial charge in [0.1, 0.15) is 0 Å². The quantitative estimate of drug-likeness (QED) is 0.281. The highest BCUT2D eigenvalue weighted by atomic mass is 15.1. The number of nitrogens with zero attached hydrogens (tertiary/aromatic N) is 1. The van der Waals surface area contributed by atoms with E-state index in [1.54, 1.807) is 0 Å². The summed E-state index contributed by atoms with van der Waals surface area (Å²) in [5, 5.41) is 5.15. The standard InChI is InChI=1S/C29H25N/c1-20-12-16-23(17-13-20)30(24-18-14-21(2)15-19-24)29-27-10-6-4-8-25(27)22(3)26-9-5-7-11-28(26)29/h4-19H,1-3H3. The summed E-state index contributed by atoms with van der Waals surface area (Å²) in [6, 6.07) is 35.2.